The van der Waals surface area contributed by atoms with Crippen LogP contribution in [0.2, 0.25) is 0 Å². The van der Waals surface area contributed by atoms with E-state index in [-0.39, 0.29) is 10.8 Å². The topological polar surface area (TPSA) is 29.5 Å². The van der Waals surface area contributed by atoms with Crippen molar-refractivity contribution >= 4 is 17.4 Å². The molecule has 2 aliphatic heterocycles. The molecule has 2 heterocycles. The standard InChI is InChI=1S/C13H8ClNO2/c14-11-7-9(4-5-12(11)16)13-8-10-3-1-2-6-15(10)17-13/h1-8H/b13-9-. The van der Waals surface area contributed by atoms with Crippen molar-refractivity contribution in [2.24, 2.45) is 0 Å². The van der Waals surface area contributed by atoms with Crippen LogP contribution in [0.3, 0.4) is 0 Å². The Balaban J connectivity index is 2.00. The molecule has 0 aromatic heterocycles. The highest BCUT2D eigenvalue weighted by Gasteiger charge is 2.21. The van der Waals surface area contributed by atoms with Crippen LogP contribution in [0, 0.1) is 0 Å². The maximum atomic E-state index is 11.2. The zero-order valence-electron chi connectivity index (χ0n) is 8.76. The third kappa shape index (κ3) is 1.74. The maximum Gasteiger partial charge on any atom is 0.197 e. The summed E-state index contributed by atoms with van der Waals surface area (Å²) in [7, 11) is 0. The molecule has 0 aromatic rings. The molecule has 0 unspecified atom stereocenters. The van der Waals surface area contributed by atoms with E-state index in [1.807, 2.05) is 30.5 Å². The molecule has 84 valence electrons. The predicted molar refractivity (Wildman–Crippen MR) is 64.4 cm³/mol. The number of allylic oxidation sites excluding steroid dienone is 9. The van der Waals surface area contributed by atoms with Gasteiger partial charge in [0, 0.05) is 17.8 Å². The maximum absolute atomic E-state index is 11.2. The molecule has 0 atom stereocenters. The van der Waals surface area contributed by atoms with Gasteiger partial charge in [-0.2, -0.15) is 5.06 Å². The van der Waals surface area contributed by atoms with E-state index in [0.29, 0.717) is 5.76 Å². The number of rotatable bonds is 0. The van der Waals surface area contributed by atoms with Gasteiger partial charge in [0.25, 0.3) is 0 Å². The van der Waals surface area contributed by atoms with Crippen LogP contribution in [-0.4, -0.2) is 10.8 Å². The van der Waals surface area contributed by atoms with Crippen molar-refractivity contribution < 1.29 is 9.63 Å². The lowest BCUT2D eigenvalue weighted by molar-refractivity contribution is -0.110. The summed E-state index contributed by atoms with van der Waals surface area (Å²) in [5.74, 6) is 0.497. The Morgan fingerprint density at radius 3 is 2.76 bits per heavy atom. The highest BCUT2D eigenvalue weighted by atomic mass is 35.5. The molecule has 0 saturated carbocycles. The number of nitrogens with zero attached hydrogens (tertiary/aromatic N) is 1. The van der Waals surface area contributed by atoms with E-state index in [4.69, 9.17) is 16.4 Å². The Kier molecular flexibility index (Phi) is 2.27. The van der Waals surface area contributed by atoms with Crippen LogP contribution >= 0.6 is 11.6 Å². The highest BCUT2D eigenvalue weighted by Crippen LogP contribution is 2.29. The van der Waals surface area contributed by atoms with E-state index in [2.05, 4.69) is 0 Å². The smallest absolute Gasteiger partial charge is 0.197 e. The second-order valence-electron chi connectivity index (χ2n) is 3.70. The van der Waals surface area contributed by atoms with Crippen LogP contribution in [-0.2, 0) is 9.63 Å². The van der Waals surface area contributed by atoms with Crippen molar-refractivity contribution in [3.05, 3.63) is 70.8 Å². The van der Waals surface area contributed by atoms with Crippen molar-refractivity contribution in [3.63, 3.8) is 0 Å². The lowest BCUT2D eigenvalue weighted by Crippen LogP contribution is -2.11. The summed E-state index contributed by atoms with van der Waals surface area (Å²) in [4.78, 5) is 16.8. The number of hydrogen-bond acceptors (Lipinski definition) is 3. The van der Waals surface area contributed by atoms with Crippen LogP contribution in [0.25, 0.3) is 0 Å². The van der Waals surface area contributed by atoms with Crippen LogP contribution in [0.15, 0.2) is 70.8 Å². The van der Waals surface area contributed by atoms with E-state index < -0.39 is 0 Å². The minimum atomic E-state index is -0.181. The molecule has 0 aromatic carbocycles. The second-order valence-corrected chi connectivity index (χ2v) is 4.10. The van der Waals surface area contributed by atoms with Crippen molar-refractivity contribution in [1.82, 2.24) is 5.06 Å². The van der Waals surface area contributed by atoms with Crippen molar-refractivity contribution in [1.29, 1.82) is 0 Å². The number of halogens is 1. The first-order valence-electron chi connectivity index (χ1n) is 5.12. The Bertz CT molecular complexity index is 576. The van der Waals surface area contributed by atoms with Crippen molar-refractivity contribution in [2.45, 2.75) is 0 Å². The summed E-state index contributed by atoms with van der Waals surface area (Å²) in [5.41, 5.74) is 1.74. The Hall–Kier alpha value is -2.00. The average molecular weight is 246 g/mol. The lowest BCUT2D eigenvalue weighted by atomic mass is 10.1. The van der Waals surface area contributed by atoms with Gasteiger partial charge >= 0.3 is 0 Å². The molecule has 0 saturated heterocycles. The van der Waals surface area contributed by atoms with Gasteiger partial charge in [0.05, 0.1) is 10.7 Å². The molecular weight excluding hydrogens is 238 g/mol. The van der Waals surface area contributed by atoms with Gasteiger partial charge < -0.3 is 4.84 Å². The monoisotopic (exact) mass is 245 g/mol. The average Bonchev–Trinajstić information content (AvgIpc) is 2.76. The summed E-state index contributed by atoms with van der Waals surface area (Å²) in [6, 6.07) is 0. The van der Waals surface area contributed by atoms with Gasteiger partial charge in [0.2, 0.25) is 0 Å². The summed E-state index contributed by atoms with van der Waals surface area (Å²) in [6.45, 7) is 0. The van der Waals surface area contributed by atoms with Crippen molar-refractivity contribution in [3.8, 4) is 0 Å². The molecule has 0 N–H and O–H groups in total. The van der Waals surface area contributed by atoms with Crippen molar-refractivity contribution in [2.75, 3.05) is 0 Å². The molecule has 17 heavy (non-hydrogen) atoms. The summed E-state index contributed by atoms with van der Waals surface area (Å²) < 4.78 is 0. The molecule has 3 aliphatic rings. The second kappa shape index (κ2) is 3.79. The van der Waals surface area contributed by atoms with E-state index in [0.717, 1.165) is 11.3 Å². The third-order valence-electron chi connectivity index (χ3n) is 2.55. The summed E-state index contributed by atoms with van der Waals surface area (Å²) in [6.07, 6.45) is 14.2. The molecule has 0 fully saturated rings. The quantitative estimate of drug-likeness (QED) is 0.657. The van der Waals surface area contributed by atoms with E-state index in [1.165, 1.54) is 6.08 Å². The van der Waals surface area contributed by atoms with Crippen LogP contribution in [0.4, 0.5) is 0 Å². The van der Waals surface area contributed by atoms with Gasteiger partial charge in [-0.15, -0.1) is 0 Å². The first-order chi connectivity index (χ1) is 8.24. The van der Waals surface area contributed by atoms with Crippen LogP contribution in [0.5, 0.6) is 0 Å². The number of carbonyl (C=O) groups excluding carboxylic acids is 1. The fourth-order valence-electron chi connectivity index (χ4n) is 1.69. The SMILES string of the molecule is O=C1C=C/C(=C2\C=C3C=CC=CN3O2)C=C1Cl. The molecule has 0 spiro atoms. The Morgan fingerprint density at radius 2 is 2.00 bits per heavy atom. The van der Waals surface area contributed by atoms with E-state index in [9.17, 15) is 4.79 Å². The minimum absolute atomic E-state index is 0.181. The van der Waals surface area contributed by atoms with Gasteiger partial charge in [0.15, 0.2) is 11.5 Å². The van der Waals surface area contributed by atoms with Crippen LogP contribution < -0.4 is 0 Å². The van der Waals surface area contributed by atoms with Crippen LogP contribution in [0.1, 0.15) is 0 Å². The molecule has 1 aliphatic carbocycles. The van der Waals surface area contributed by atoms with Gasteiger partial charge in [-0.1, -0.05) is 17.7 Å². The fraction of sp³-hybridized carbons (Fsp3) is 0. The summed E-state index contributed by atoms with van der Waals surface area (Å²) in [5, 5.41) is 1.86. The van der Waals surface area contributed by atoms with Gasteiger partial charge in [0.1, 0.15) is 0 Å². The van der Waals surface area contributed by atoms with Gasteiger partial charge in [-0.3, -0.25) is 4.79 Å². The zero-order chi connectivity index (χ0) is 11.8. The lowest BCUT2D eigenvalue weighted by Gasteiger charge is -2.16. The van der Waals surface area contributed by atoms with Gasteiger partial charge in [-0.05, 0) is 30.4 Å². The molecule has 3 rings (SSSR count). The normalized spacial score (nSPS) is 25.7. The number of hydroxylamine groups is 2. The highest BCUT2D eigenvalue weighted by molar-refractivity contribution is 6.44. The number of hydrogen-bond donors (Lipinski definition) is 0. The first kappa shape index (κ1) is 10.2. The molecule has 3 nitrogen and oxygen atoms in total. The molecule has 0 bridgehead atoms. The first-order valence-corrected chi connectivity index (χ1v) is 5.49. The number of carbonyl (C=O) groups is 1. The molecule has 0 radical (unpaired) electrons. The Morgan fingerprint density at radius 1 is 1.12 bits per heavy atom. The fourth-order valence-corrected chi connectivity index (χ4v) is 1.87. The number of fused-ring (bicyclic) bond motifs is 1. The van der Waals surface area contributed by atoms with E-state index >= 15 is 0 Å². The third-order valence-corrected chi connectivity index (χ3v) is 2.84. The number of ketones is 1. The molecule has 0 amide bonds. The van der Waals surface area contributed by atoms with Gasteiger partial charge in [-0.25, -0.2) is 0 Å². The van der Waals surface area contributed by atoms with E-state index in [1.54, 1.807) is 17.2 Å². The predicted octanol–water partition coefficient (Wildman–Crippen LogP) is 2.72. The molecular formula is C13H8ClNO2. The molecule has 4 heteroatoms. The minimum Gasteiger partial charge on any atom is -0.375 e. The Labute approximate surface area is 103 Å². The zero-order valence-corrected chi connectivity index (χ0v) is 9.52. The largest absolute Gasteiger partial charge is 0.375 e. The summed E-state index contributed by atoms with van der Waals surface area (Å²) >= 11 is 5.80.